The number of carbonyl (C=O) groups excluding carboxylic acids is 2. The van der Waals surface area contributed by atoms with Crippen molar-refractivity contribution in [3.63, 3.8) is 0 Å². The highest BCUT2D eigenvalue weighted by Gasteiger charge is 2.32. The summed E-state index contributed by atoms with van der Waals surface area (Å²) in [5.74, 6) is -0.474. The zero-order chi connectivity index (χ0) is 17.3. The summed E-state index contributed by atoms with van der Waals surface area (Å²) in [4.78, 5) is 25.7. The van der Waals surface area contributed by atoms with Crippen molar-refractivity contribution in [1.82, 2.24) is 10.6 Å². The molecular weight excluding hydrogens is 348 g/mol. The standard InChI is InChI=1S/C17H15ClN2O3S/c1-9-14(16(21)23-2)15(20-17(22)19-9)13-8-7-12(24-13)10-5-3-4-6-11(10)18/h3-8,15H,1-2H3,(H2,19,20,22)/t15-/m1/s1. The Bertz CT molecular complexity index is 844. The molecule has 0 fully saturated rings. The van der Waals surface area contributed by atoms with Gasteiger partial charge in [-0.15, -0.1) is 11.3 Å². The van der Waals surface area contributed by atoms with Gasteiger partial charge in [-0.2, -0.15) is 0 Å². The van der Waals surface area contributed by atoms with Gasteiger partial charge in [-0.25, -0.2) is 9.59 Å². The SMILES string of the molecule is COC(=O)C1=C(C)NC(=O)N[C@@H]1c1ccc(-c2ccccc2Cl)s1. The Morgan fingerprint density at radius 2 is 2.00 bits per heavy atom. The summed E-state index contributed by atoms with van der Waals surface area (Å²) in [5, 5.41) is 6.03. The van der Waals surface area contributed by atoms with Crippen molar-refractivity contribution in [2.45, 2.75) is 13.0 Å². The highest BCUT2D eigenvalue weighted by Crippen LogP contribution is 2.38. The number of benzene rings is 1. The van der Waals surface area contributed by atoms with E-state index < -0.39 is 12.0 Å². The van der Waals surface area contributed by atoms with E-state index in [2.05, 4.69) is 10.6 Å². The molecule has 1 aromatic heterocycles. The molecule has 0 saturated heterocycles. The van der Waals surface area contributed by atoms with Crippen molar-refractivity contribution in [2.75, 3.05) is 7.11 Å². The van der Waals surface area contributed by atoms with Gasteiger partial charge in [0.05, 0.1) is 18.7 Å². The minimum Gasteiger partial charge on any atom is -0.466 e. The highest BCUT2D eigenvalue weighted by atomic mass is 35.5. The van der Waals surface area contributed by atoms with Gasteiger partial charge in [0, 0.05) is 26.0 Å². The molecule has 2 heterocycles. The first-order valence-electron chi connectivity index (χ1n) is 7.22. The second kappa shape index (κ2) is 6.67. The Balaban J connectivity index is 2.02. The van der Waals surface area contributed by atoms with E-state index in [1.54, 1.807) is 6.92 Å². The molecule has 0 saturated carbocycles. The van der Waals surface area contributed by atoms with Crippen molar-refractivity contribution in [1.29, 1.82) is 0 Å². The average Bonchev–Trinajstić information content (AvgIpc) is 3.03. The number of allylic oxidation sites excluding steroid dienone is 1. The van der Waals surface area contributed by atoms with Gasteiger partial charge in [-0.3, -0.25) is 0 Å². The molecule has 0 spiro atoms. The Labute approximate surface area is 148 Å². The van der Waals surface area contributed by atoms with Crippen LogP contribution < -0.4 is 10.6 Å². The average molecular weight is 363 g/mol. The van der Waals surface area contributed by atoms with Crippen LogP contribution in [0.15, 0.2) is 47.7 Å². The fourth-order valence-electron chi connectivity index (χ4n) is 2.60. The Hall–Kier alpha value is -2.31. The fraction of sp³-hybridized carbons (Fsp3) is 0.176. The molecule has 7 heteroatoms. The third kappa shape index (κ3) is 3.02. The molecule has 2 N–H and O–H groups in total. The number of halogens is 1. The van der Waals surface area contributed by atoms with E-state index in [9.17, 15) is 9.59 Å². The van der Waals surface area contributed by atoms with Crippen LogP contribution in [0.2, 0.25) is 5.02 Å². The molecule has 0 unspecified atom stereocenters. The van der Waals surface area contributed by atoms with Crippen molar-refractivity contribution in [3.05, 3.63) is 57.6 Å². The van der Waals surface area contributed by atoms with Gasteiger partial charge >= 0.3 is 12.0 Å². The van der Waals surface area contributed by atoms with Gasteiger partial charge in [0.1, 0.15) is 0 Å². The van der Waals surface area contributed by atoms with Crippen molar-refractivity contribution < 1.29 is 14.3 Å². The molecule has 2 aromatic rings. The van der Waals surface area contributed by atoms with Gasteiger partial charge in [-0.1, -0.05) is 29.8 Å². The molecule has 2 amide bonds. The van der Waals surface area contributed by atoms with Crippen LogP contribution in [0.5, 0.6) is 0 Å². The summed E-state index contributed by atoms with van der Waals surface area (Å²) < 4.78 is 4.85. The minimum atomic E-state index is -0.549. The van der Waals surface area contributed by atoms with Gasteiger partial charge in [0.2, 0.25) is 0 Å². The maximum atomic E-state index is 12.1. The molecule has 1 aliphatic rings. The van der Waals surface area contributed by atoms with Crippen LogP contribution in [0.1, 0.15) is 17.8 Å². The maximum absolute atomic E-state index is 12.1. The lowest BCUT2D eigenvalue weighted by Crippen LogP contribution is -2.45. The number of hydrogen-bond acceptors (Lipinski definition) is 4. The van der Waals surface area contributed by atoms with Crippen LogP contribution in [0.3, 0.4) is 0 Å². The predicted molar refractivity (Wildman–Crippen MR) is 93.9 cm³/mol. The second-order valence-electron chi connectivity index (χ2n) is 5.24. The number of amides is 2. The zero-order valence-corrected chi connectivity index (χ0v) is 14.6. The number of hydrogen-bond donors (Lipinski definition) is 2. The van der Waals surface area contributed by atoms with E-state index in [0.29, 0.717) is 16.3 Å². The van der Waals surface area contributed by atoms with Gasteiger partial charge < -0.3 is 15.4 Å². The molecule has 0 radical (unpaired) electrons. The van der Waals surface area contributed by atoms with E-state index in [-0.39, 0.29) is 6.03 Å². The zero-order valence-electron chi connectivity index (χ0n) is 13.1. The van der Waals surface area contributed by atoms with Crippen LogP contribution in [-0.2, 0) is 9.53 Å². The third-order valence-corrected chi connectivity index (χ3v) is 5.24. The number of methoxy groups -OCH3 is 1. The molecule has 3 rings (SSSR count). The smallest absolute Gasteiger partial charge is 0.338 e. The summed E-state index contributed by atoms with van der Waals surface area (Å²) in [6, 6.07) is 10.5. The summed E-state index contributed by atoms with van der Waals surface area (Å²) >= 11 is 7.72. The quantitative estimate of drug-likeness (QED) is 0.814. The number of urea groups is 1. The Morgan fingerprint density at radius 1 is 1.25 bits per heavy atom. The number of ether oxygens (including phenoxy) is 1. The van der Waals surface area contributed by atoms with E-state index >= 15 is 0 Å². The van der Waals surface area contributed by atoms with Crippen LogP contribution in [-0.4, -0.2) is 19.1 Å². The van der Waals surface area contributed by atoms with Crippen molar-refractivity contribution in [2.24, 2.45) is 0 Å². The van der Waals surface area contributed by atoms with Crippen LogP contribution >= 0.6 is 22.9 Å². The Morgan fingerprint density at radius 3 is 2.71 bits per heavy atom. The monoisotopic (exact) mass is 362 g/mol. The first-order chi connectivity index (χ1) is 11.5. The predicted octanol–water partition coefficient (Wildman–Crippen LogP) is 3.87. The number of carbonyl (C=O) groups is 2. The number of rotatable bonds is 3. The van der Waals surface area contributed by atoms with Crippen LogP contribution in [0, 0.1) is 0 Å². The molecule has 1 atom stereocenters. The first kappa shape index (κ1) is 16.5. The minimum absolute atomic E-state index is 0.349. The normalized spacial score (nSPS) is 17.3. The molecule has 24 heavy (non-hydrogen) atoms. The van der Waals surface area contributed by atoms with Gasteiger partial charge in [0.15, 0.2) is 0 Å². The summed E-state index contributed by atoms with van der Waals surface area (Å²) in [5.41, 5.74) is 1.80. The molecule has 1 aliphatic heterocycles. The molecule has 0 bridgehead atoms. The topological polar surface area (TPSA) is 67.4 Å². The number of esters is 1. The van der Waals surface area contributed by atoms with Crippen LogP contribution in [0.25, 0.3) is 10.4 Å². The second-order valence-corrected chi connectivity index (χ2v) is 6.77. The van der Waals surface area contributed by atoms with Gasteiger partial charge in [-0.05, 0) is 25.1 Å². The summed E-state index contributed by atoms with van der Waals surface area (Å²) in [7, 11) is 1.32. The summed E-state index contributed by atoms with van der Waals surface area (Å²) in [6.07, 6.45) is 0. The lowest BCUT2D eigenvalue weighted by Gasteiger charge is -2.26. The van der Waals surface area contributed by atoms with Crippen molar-refractivity contribution >= 4 is 34.9 Å². The highest BCUT2D eigenvalue weighted by molar-refractivity contribution is 7.15. The van der Waals surface area contributed by atoms with Gasteiger partial charge in [0.25, 0.3) is 0 Å². The third-order valence-electron chi connectivity index (χ3n) is 3.73. The molecular formula is C17H15ClN2O3S. The maximum Gasteiger partial charge on any atom is 0.338 e. The van der Waals surface area contributed by atoms with E-state index in [4.69, 9.17) is 16.3 Å². The van der Waals surface area contributed by atoms with Crippen molar-refractivity contribution in [3.8, 4) is 10.4 Å². The first-order valence-corrected chi connectivity index (χ1v) is 8.42. The molecule has 1 aromatic carbocycles. The molecule has 124 valence electrons. The lowest BCUT2D eigenvalue weighted by molar-refractivity contribution is -0.136. The van der Waals surface area contributed by atoms with E-state index in [1.807, 2.05) is 36.4 Å². The summed E-state index contributed by atoms with van der Waals surface area (Å²) in [6.45, 7) is 1.68. The lowest BCUT2D eigenvalue weighted by atomic mass is 10.0. The van der Waals surface area contributed by atoms with Crippen LogP contribution in [0.4, 0.5) is 4.79 Å². The fourth-order valence-corrected chi connectivity index (χ4v) is 4.00. The van der Waals surface area contributed by atoms with E-state index in [1.165, 1.54) is 18.4 Å². The Kier molecular flexibility index (Phi) is 4.59. The molecule has 0 aliphatic carbocycles. The number of thiophene rings is 1. The molecule has 5 nitrogen and oxygen atoms in total. The van der Waals surface area contributed by atoms with E-state index in [0.717, 1.165) is 15.3 Å². The largest absolute Gasteiger partial charge is 0.466 e. The number of nitrogens with one attached hydrogen (secondary N) is 2.